The first kappa shape index (κ1) is 28.0. The first-order chi connectivity index (χ1) is 17.2. The van der Waals surface area contributed by atoms with Gasteiger partial charge in [-0.2, -0.15) is 0 Å². The van der Waals surface area contributed by atoms with E-state index in [0.717, 1.165) is 5.56 Å². The molecule has 3 rings (SSSR count). The van der Waals surface area contributed by atoms with Crippen LogP contribution in [0.5, 0.6) is 5.75 Å². The van der Waals surface area contributed by atoms with Crippen LogP contribution in [0.4, 0.5) is 13.6 Å². The van der Waals surface area contributed by atoms with E-state index < -0.39 is 65.4 Å². The summed E-state index contributed by atoms with van der Waals surface area (Å²) in [5, 5.41) is 12.3. The van der Waals surface area contributed by atoms with Gasteiger partial charge in [-0.3, -0.25) is 10.1 Å². The predicted molar refractivity (Wildman–Crippen MR) is 128 cm³/mol. The first-order valence-electron chi connectivity index (χ1n) is 11.2. The highest BCUT2D eigenvalue weighted by molar-refractivity contribution is 7.89. The minimum atomic E-state index is -4.75. The molecule has 1 aliphatic rings. The molecule has 0 bridgehead atoms. The van der Waals surface area contributed by atoms with Gasteiger partial charge >= 0.3 is 12.1 Å². The van der Waals surface area contributed by atoms with Crippen molar-refractivity contribution >= 4 is 28.0 Å². The van der Waals surface area contributed by atoms with E-state index in [9.17, 15) is 36.7 Å². The van der Waals surface area contributed by atoms with Crippen molar-refractivity contribution < 1.29 is 41.4 Å². The number of nitrogens with zero attached hydrogens (tertiary/aromatic N) is 2. The highest BCUT2D eigenvalue weighted by Gasteiger charge is 2.48. The maximum absolute atomic E-state index is 13.8. The second kappa shape index (κ2) is 10.8. The number of carboxylic acids is 1. The van der Waals surface area contributed by atoms with Crippen molar-refractivity contribution in [2.45, 2.75) is 42.7 Å². The lowest BCUT2D eigenvalue weighted by molar-refractivity contribution is -0.146. The number of nitrogens with one attached hydrogen (secondary N) is 1. The molecule has 2 atom stereocenters. The molecule has 2 N–H and O–H groups in total. The van der Waals surface area contributed by atoms with Gasteiger partial charge in [-0.1, -0.05) is 29.8 Å². The van der Waals surface area contributed by atoms with Crippen LogP contribution in [0.3, 0.4) is 0 Å². The lowest BCUT2D eigenvalue weighted by Crippen LogP contribution is -2.54. The lowest BCUT2D eigenvalue weighted by Gasteiger charge is -2.30. The Kier molecular flexibility index (Phi) is 8.18. The molecule has 37 heavy (non-hydrogen) atoms. The highest BCUT2D eigenvalue weighted by atomic mass is 32.2. The maximum Gasteiger partial charge on any atom is 0.414 e. The third-order valence-electron chi connectivity index (χ3n) is 5.69. The van der Waals surface area contributed by atoms with Crippen molar-refractivity contribution in [3.63, 3.8) is 0 Å². The Balaban J connectivity index is 1.98. The zero-order valence-corrected chi connectivity index (χ0v) is 21.2. The van der Waals surface area contributed by atoms with E-state index in [-0.39, 0.29) is 15.0 Å². The van der Waals surface area contributed by atoms with E-state index in [1.54, 1.807) is 6.92 Å². The van der Waals surface area contributed by atoms with Crippen LogP contribution in [0.25, 0.3) is 0 Å². The number of amides is 2. The van der Waals surface area contributed by atoms with Crippen molar-refractivity contribution in [3.8, 4) is 5.75 Å². The van der Waals surface area contributed by atoms with Gasteiger partial charge in [0.2, 0.25) is 0 Å². The average Bonchev–Trinajstić information content (AvgIpc) is 3.19. The third-order valence-corrected chi connectivity index (χ3v) is 7.51. The summed E-state index contributed by atoms with van der Waals surface area (Å²) in [6.45, 7) is 0.871. The molecule has 0 aromatic heterocycles. The molecule has 0 spiro atoms. The Hall–Kier alpha value is -3.58. The smallest absolute Gasteiger partial charge is 0.414 e. The van der Waals surface area contributed by atoms with Crippen molar-refractivity contribution in [3.05, 3.63) is 59.7 Å². The number of aryl methyl sites for hydroxylation is 1. The molecule has 1 fully saturated rings. The molecule has 1 heterocycles. The fourth-order valence-corrected chi connectivity index (χ4v) is 5.26. The molecule has 0 unspecified atom stereocenters. The van der Waals surface area contributed by atoms with Crippen LogP contribution in [-0.2, 0) is 26.0 Å². The minimum Gasteiger partial charge on any atom is -0.480 e. The number of hydrogen-bond donors (Lipinski definition) is 2. The molecule has 2 aromatic rings. The molecule has 10 nitrogen and oxygen atoms in total. The number of carboxylic acid groups (broad SMARTS) is 1. The second-order valence-electron chi connectivity index (χ2n) is 8.91. The topological polar surface area (TPSA) is 133 Å². The van der Waals surface area contributed by atoms with E-state index in [4.69, 9.17) is 4.74 Å². The minimum absolute atomic E-state index is 0.159. The monoisotopic (exact) mass is 539 g/mol. The molecule has 0 saturated carbocycles. The van der Waals surface area contributed by atoms with Gasteiger partial charge in [0.25, 0.3) is 21.9 Å². The number of alkyl halides is 2. The van der Waals surface area contributed by atoms with Crippen LogP contribution in [0.15, 0.2) is 53.4 Å². The highest BCUT2D eigenvalue weighted by Crippen LogP contribution is 2.29. The normalized spacial score (nSPS) is 17.6. The van der Waals surface area contributed by atoms with Crippen molar-refractivity contribution in [2.24, 2.45) is 0 Å². The Labute approximate surface area is 212 Å². The van der Waals surface area contributed by atoms with Crippen molar-refractivity contribution in [1.29, 1.82) is 0 Å². The zero-order chi connectivity index (χ0) is 27.5. The van der Waals surface area contributed by atoms with E-state index >= 15 is 0 Å². The van der Waals surface area contributed by atoms with Gasteiger partial charge in [-0.05, 0) is 36.8 Å². The van der Waals surface area contributed by atoms with Gasteiger partial charge in [-0.15, -0.1) is 0 Å². The number of benzene rings is 2. The lowest BCUT2D eigenvalue weighted by atomic mass is 10.0. The van der Waals surface area contributed by atoms with E-state index in [1.165, 1.54) is 67.5 Å². The quantitative estimate of drug-likeness (QED) is 0.522. The molecule has 0 radical (unpaired) electrons. The summed E-state index contributed by atoms with van der Waals surface area (Å²) < 4.78 is 60.0. The standard InChI is InChI=1S/C24H27F2N3O7S/c1-15-4-10-18(11-5-15)37(34,35)29(21(30)19-13-24(25,26)14-27-19)20(22(31)32)12-16-6-8-17(9-7-16)36-23(33)28(2)3/h4-11,19-20,27H,12-14H2,1-3H3,(H,31,32)/t19-,20-/m0/s1. The first-order valence-corrected chi connectivity index (χ1v) is 12.6. The van der Waals surface area contributed by atoms with Gasteiger partial charge < -0.3 is 14.7 Å². The Bertz CT molecular complexity index is 1270. The van der Waals surface area contributed by atoms with Crippen LogP contribution in [0, 0.1) is 6.92 Å². The van der Waals surface area contributed by atoms with Crippen LogP contribution in [0.1, 0.15) is 17.5 Å². The van der Waals surface area contributed by atoms with Gasteiger partial charge in [0.05, 0.1) is 17.5 Å². The van der Waals surface area contributed by atoms with Gasteiger partial charge in [-0.25, -0.2) is 31.1 Å². The number of carbonyl (C=O) groups is 3. The molecule has 13 heteroatoms. The van der Waals surface area contributed by atoms with Crippen LogP contribution in [-0.4, -0.2) is 79.3 Å². The maximum atomic E-state index is 13.8. The second-order valence-corrected chi connectivity index (χ2v) is 10.7. The number of sulfonamides is 1. The summed E-state index contributed by atoms with van der Waals surface area (Å²) in [6.07, 6.45) is -2.07. The Morgan fingerprint density at radius 1 is 1.11 bits per heavy atom. The summed E-state index contributed by atoms with van der Waals surface area (Å²) in [7, 11) is -1.77. The molecule has 0 aliphatic carbocycles. The SMILES string of the molecule is Cc1ccc(S(=O)(=O)N(C(=O)[C@@H]2CC(F)(F)CN2)[C@@H](Cc2ccc(OC(=O)N(C)C)cc2)C(=O)O)cc1. The molecular weight excluding hydrogens is 512 g/mol. The zero-order valence-electron chi connectivity index (χ0n) is 20.4. The molecule has 2 amide bonds. The van der Waals surface area contributed by atoms with Crippen LogP contribution < -0.4 is 10.1 Å². The van der Waals surface area contributed by atoms with Crippen molar-refractivity contribution in [2.75, 3.05) is 20.6 Å². The predicted octanol–water partition coefficient (Wildman–Crippen LogP) is 2.27. The largest absolute Gasteiger partial charge is 0.480 e. The van der Waals surface area contributed by atoms with E-state index in [0.29, 0.717) is 5.56 Å². The summed E-state index contributed by atoms with van der Waals surface area (Å²) in [5.74, 6) is -6.02. The summed E-state index contributed by atoms with van der Waals surface area (Å²) in [4.78, 5) is 38.2. The van der Waals surface area contributed by atoms with Crippen LogP contribution in [0.2, 0.25) is 0 Å². The Morgan fingerprint density at radius 2 is 1.70 bits per heavy atom. The molecule has 1 saturated heterocycles. The Morgan fingerprint density at radius 3 is 2.19 bits per heavy atom. The molecule has 1 aliphatic heterocycles. The van der Waals surface area contributed by atoms with E-state index in [2.05, 4.69) is 5.32 Å². The number of carbonyl (C=O) groups excluding carboxylic acids is 2. The van der Waals surface area contributed by atoms with Gasteiger partial charge in [0.15, 0.2) is 0 Å². The number of rotatable bonds is 8. The third kappa shape index (κ3) is 6.60. The number of aliphatic carboxylic acids is 1. The number of ether oxygens (including phenoxy) is 1. The number of hydrogen-bond acceptors (Lipinski definition) is 7. The molecular formula is C24H27F2N3O7S. The van der Waals surface area contributed by atoms with E-state index in [1.807, 2.05) is 0 Å². The summed E-state index contributed by atoms with van der Waals surface area (Å²) in [6, 6.07) is 7.44. The molecule has 2 aromatic carbocycles. The van der Waals surface area contributed by atoms with Gasteiger partial charge in [0, 0.05) is 26.9 Å². The fraction of sp³-hybridized carbons (Fsp3) is 0.375. The molecule has 200 valence electrons. The number of halogens is 2. The average molecular weight is 540 g/mol. The van der Waals surface area contributed by atoms with Crippen molar-refractivity contribution in [1.82, 2.24) is 14.5 Å². The fourth-order valence-electron chi connectivity index (χ4n) is 3.69. The summed E-state index contributed by atoms with van der Waals surface area (Å²) in [5.41, 5.74) is 1.03. The van der Waals surface area contributed by atoms with Gasteiger partial charge in [0.1, 0.15) is 11.8 Å². The van der Waals surface area contributed by atoms with Crippen LogP contribution >= 0.6 is 0 Å². The summed E-state index contributed by atoms with van der Waals surface area (Å²) >= 11 is 0.